The number of ether oxygens (including phenoxy) is 1. The Hall–Kier alpha value is -4.20. The Morgan fingerprint density at radius 3 is 2.54 bits per heavy atom. The van der Waals surface area contributed by atoms with Gasteiger partial charge in [0.05, 0.1) is 18.4 Å². The molecule has 0 fully saturated rings. The number of benzene rings is 2. The van der Waals surface area contributed by atoms with E-state index in [0.717, 1.165) is 22.4 Å². The lowest BCUT2D eigenvalue weighted by Crippen LogP contribution is -2.32. The lowest BCUT2D eigenvalue weighted by molar-refractivity contribution is -0.152. The monoisotopic (exact) mass is 473 g/mol. The van der Waals surface area contributed by atoms with Crippen LogP contribution in [0.2, 0.25) is 0 Å². The maximum absolute atomic E-state index is 12.9. The Kier molecular flexibility index (Phi) is 7.40. The van der Waals surface area contributed by atoms with E-state index in [-0.39, 0.29) is 18.9 Å². The van der Waals surface area contributed by atoms with Crippen LogP contribution in [-0.4, -0.2) is 41.7 Å². The van der Waals surface area contributed by atoms with Gasteiger partial charge in [-0.15, -0.1) is 0 Å². The molecule has 2 aromatic carbocycles. The molecule has 1 aliphatic heterocycles. The number of hydrogen-bond donors (Lipinski definition) is 1. The van der Waals surface area contributed by atoms with Crippen LogP contribution < -0.4 is 5.32 Å². The summed E-state index contributed by atoms with van der Waals surface area (Å²) in [5, 5.41) is 8.54. The second-order valence-corrected chi connectivity index (χ2v) is 8.37. The molecule has 1 N–H and O–H groups in total. The molecule has 2 heterocycles. The lowest BCUT2D eigenvalue weighted by Gasteiger charge is -2.19. The average Bonchev–Trinajstić information content (AvgIpc) is 3.53. The largest absolute Gasteiger partial charge is 0.467 e. The van der Waals surface area contributed by atoms with Crippen LogP contribution in [0.5, 0.6) is 0 Å². The van der Waals surface area contributed by atoms with E-state index < -0.39 is 24.5 Å². The first-order valence-electron chi connectivity index (χ1n) is 11.4. The molecule has 0 saturated heterocycles. The second kappa shape index (κ2) is 10.8. The van der Waals surface area contributed by atoms with Crippen molar-refractivity contribution in [2.45, 2.75) is 32.7 Å². The normalized spacial score (nSPS) is 15.0. The molecule has 8 nitrogen and oxygen atoms in total. The van der Waals surface area contributed by atoms with E-state index in [0.29, 0.717) is 17.7 Å². The van der Waals surface area contributed by atoms with Gasteiger partial charge in [0.15, 0.2) is 6.61 Å². The smallest absolute Gasteiger partial charge is 0.308 e. The van der Waals surface area contributed by atoms with Crippen molar-refractivity contribution in [3.63, 3.8) is 0 Å². The fraction of sp³-hybridized carbons (Fsp3) is 0.259. The van der Waals surface area contributed by atoms with Gasteiger partial charge in [-0.2, -0.15) is 5.10 Å². The van der Waals surface area contributed by atoms with Gasteiger partial charge in [-0.3, -0.25) is 14.4 Å². The number of nitrogens with zero attached hydrogens (tertiary/aromatic N) is 2. The predicted octanol–water partition coefficient (Wildman–Crippen LogP) is 3.94. The zero-order valence-electron chi connectivity index (χ0n) is 19.7. The molecule has 3 aromatic rings. The summed E-state index contributed by atoms with van der Waals surface area (Å²) in [6.45, 7) is 3.50. The number of carbonyl (C=O) groups excluding carboxylic acids is 3. The molecular formula is C27H27N3O5. The Labute approximate surface area is 203 Å². The number of esters is 1. The molecule has 0 aliphatic carbocycles. The number of rotatable bonds is 8. The fourth-order valence-electron chi connectivity index (χ4n) is 3.84. The van der Waals surface area contributed by atoms with Gasteiger partial charge in [0.1, 0.15) is 11.8 Å². The molecule has 1 atom stereocenters. The maximum Gasteiger partial charge on any atom is 0.308 e. The second-order valence-electron chi connectivity index (χ2n) is 8.37. The SMILES string of the molecule is Cc1ccc(C2=NN(C(=O)COC(=O)CCNC(=O)c3ccccc3C)C(c3ccco3)C2)cc1. The molecule has 1 unspecified atom stereocenters. The number of nitrogens with one attached hydrogen (secondary N) is 1. The van der Waals surface area contributed by atoms with Gasteiger partial charge < -0.3 is 14.5 Å². The van der Waals surface area contributed by atoms with Crippen molar-refractivity contribution in [1.82, 2.24) is 10.3 Å². The van der Waals surface area contributed by atoms with Crippen LogP contribution in [-0.2, 0) is 14.3 Å². The van der Waals surface area contributed by atoms with Crippen LogP contribution in [0, 0.1) is 13.8 Å². The van der Waals surface area contributed by atoms with Crippen molar-refractivity contribution in [3.05, 3.63) is 94.9 Å². The van der Waals surface area contributed by atoms with Crippen LogP contribution in [0.25, 0.3) is 0 Å². The lowest BCUT2D eigenvalue weighted by atomic mass is 10.0. The van der Waals surface area contributed by atoms with Crippen LogP contribution in [0.4, 0.5) is 0 Å². The molecule has 8 heteroatoms. The van der Waals surface area contributed by atoms with Crippen molar-refractivity contribution in [2.75, 3.05) is 13.2 Å². The van der Waals surface area contributed by atoms with Gasteiger partial charge in [-0.05, 0) is 43.2 Å². The number of furan rings is 1. The van der Waals surface area contributed by atoms with E-state index in [1.165, 1.54) is 5.01 Å². The molecule has 0 saturated carbocycles. The highest BCUT2D eigenvalue weighted by atomic mass is 16.5. The van der Waals surface area contributed by atoms with Crippen LogP contribution in [0.1, 0.15) is 51.7 Å². The molecule has 2 amide bonds. The molecule has 1 aliphatic rings. The van der Waals surface area contributed by atoms with Gasteiger partial charge in [-0.1, -0.05) is 48.0 Å². The Balaban J connectivity index is 1.33. The molecule has 0 radical (unpaired) electrons. The Morgan fingerprint density at radius 1 is 1.06 bits per heavy atom. The topological polar surface area (TPSA) is 101 Å². The van der Waals surface area contributed by atoms with E-state index in [1.54, 1.807) is 30.5 Å². The van der Waals surface area contributed by atoms with Crippen molar-refractivity contribution >= 4 is 23.5 Å². The number of carbonyl (C=O) groups is 3. The van der Waals surface area contributed by atoms with E-state index in [1.807, 2.05) is 50.2 Å². The zero-order chi connectivity index (χ0) is 24.8. The Morgan fingerprint density at radius 2 is 1.83 bits per heavy atom. The average molecular weight is 474 g/mol. The molecule has 4 rings (SSSR count). The summed E-state index contributed by atoms with van der Waals surface area (Å²) in [7, 11) is 0. The number of aryl methyl sites for hydroxylation is 2. The third-order valence-electron chi connectivity index (χ3n) is 5.78. The molecule has 0 bridgehead atoms. The first kappa shape index (κ1) is 23.9. The first-order chi connectivity index (χ1) is 16.9. The third-order valence-corrected chi connectivity index (χ3v) is 5.78. The summed E-state index contributed by atoms with van der Waals surface area (Å²) in [5.41, 5.74) is 4.20. The van der Waals surface area contributed by atoms with Crippen molar-refractivity contribution in [2.24, 2.45) is 5.10 Å². The summed E-state index contributed by atoms with van der Waals surface area (Å²) in [5.74, 6) is -0.691. The molecule has 1 aromatic heterocycles. The minimum atomic E-state index is -0.583. The molecule has 0 spiro atoms. The standard InChI is InChI=1S/C27H27N3O5/c1-18-9-11-20(12-10-18)22-16-23(24-8-5-15-34-24)30(29-22)25(31)17-35-26(32)13-14-28-27(33)21-7-4-3-6-19(21)2/h3-12,15,23H,13-14,16-17H2,1-2H3,(H,28,33). The van der Waals surface area contributed by atoms with Gasteiger partial charge >= 0.3 is 5.97 Å². The summed E-state index contributed by atoms with van der Waals surface area (Å²) in [6, 6.07) is 18.2. The van der Waals surface area contributed by atoms with Gasteiger partial charge in [0, 0.05) is 18.5 Å². The fourth-order valence-corrected chi connectivity index (χ4v) is 3.84. The first-order valence-corrected chi connectivity index (χ1v) is 11.4. The van der Waals surface area contributed by atoms with Gasteiger partial charge in [-0.25, -0.2) is 5.01 Å². The third kappa shape index (κ3) is 5.84. The van der Waals surface area contributed by atoms with E-state index in [9.17, 15) is 14.4 Å². The summed E-state index contributed by atoms with van der Waals surface area (Å²) in [6.07, 6.45) is 1.98. The summed E-state index contributed by atoms with van der Waals surface area (Å²) in [4.78, 5) is 37.4. The number of hydrogen-bond acceptors (Lipinski definition) is 6. The summed E-state index contributed by atoms with van der Waals surface area (Å²) < 4.78 is 10.7. The minimum absolute atomic E-state index is 0.0512. The van der Waals surface area contributed by atoms with Crippen LogP contribution in [0.15, 0.2) is 76.4 Å². The number of hydrazone groups is 1. The Bertz CT molecular complexity index is 1230. The van der Waals surface area contributed by atoms with Crippen molar-refractivity contribution in [3.8, 4) is 0 Å². The quantitative estimate of drug-likeness (QED) is 0.500. The zero-order valence-corrected chi connectivity index (χ0v) is 19.7. The van der Waals surface area contributed by atoms with Crippen molar-refractivity contribution < 1.29 is 23.5 Å². The molecule has 180 valence electrons. The van der Waals surface area contributed by atoms with Gasteiger partial charge in [0.25, 0.3) is 11.8 Å². The highest BCUT2D eigenvalue weighted by Gasteiger charge is 2.35. The highest BCUT2D eigenvalue weighted by molar-refractivity contribution is 6.03. The van der Waals surface area contributed by atoms with Crippen molar-refractivity contribution in [1.29, 1.82) is 0 Å². The molecular weight excluding hydrogens is 446 g/mol. The summed E-state index contributed by atoms with van der Waals surface area (Å²) >= 11 is 0. The van der Waals surface area contributed by atoms with E-state index in [4.69, 9.17) is 9.15 Å². The minimum Gasteiger partial charge on any atom is -0.467 e. The van der Waals surface area contributed by atoms with E-state index >= 15 is 0 Å². The maximum atomic E-state index is 12.9. The van der Waals surface area contributed by atoms with Gasteiger partial charge in [0.2, 0.25) is 0 Å². The predicted molar refractivity (Wildman–Crippen MR) is 130 cm³/mol. The number of amides is 2. The van der Waals surface area contributed by atoms with E-state index in [2.05, 4.69) is 10.4 Å². The highest BCUT2D eigenvalue weighted by Crippen LogP contribution is 2.33. The van der Waals surface area contributed by atoms with Crippen LogP contribution >= 0.6 is 0 Å². The van der Waals surface area contributed by atoms with Crippen LogP contribution in [0.3, 0.4) is 0 Å². The molecule has 35 heavy (non-hydrogen) atoms.